The molecule has 0 unspecified atom stereocenters. The van der Waals surface area contributed by atoms with Crippen molar-refractivity contribution in [3.8, 4) is 0 Å². The molecular weight excluding hydrogens is 250 g/mol. The Morgan fingerprint density at radius 2 is 1.63 bits per heavy atom. The van der Waals surface area contributed by atoms with Gasteiger partial charge >= 0.3 is 12.0 Å². The maximum absolute atomic E-state index is 11.9. The van der Waals surface area contributed by atoms with Gasteiger partial charge in [-0.25, -0.2) is 4.79 Å². The average molecular weight is 269 g/mol. The van der Waals surface area contributed by atoms with E-state index in [2.05, 4.69) is 5.32 Å². The Morgan fingerprint density at radius 3 is 2.05 bits per heavy atom. The van der Waals surface area contributed by atoms with Crippen molar-refractivity contribution in [2.24, 2.45) is 5.41 Å². The van der Waals surface area contributed by atoms with Crippen molar-refractivity contribution >= 4 is 17.9 Å². The van der Waals surface area contributed by atoms with Crippen LogP contribution in [0.1, 0.15) is 19.8 Å². The number of hydrogen-bond donors (Lipinski definition) is 2. The second-order valence-electron chi connectivity index (χ2n) is 5.24. The Kier molecular flexibility index (Phi) is 3.64. The van der Waals surface area contributed by atoms with Gasteiger partial charge in [-0.2, -0.15) is 0 Å². The van der Waals surface area contributed by atoms with Gasteiger partial charge in [0.2, 0.25) is 5.91 Å². The smallest absolute Gasteiger partial charge is 0.317 e. The lowest BCUT2D eigenvalue weighted by Gasteiger charge is -2.34. The number of nitrogens with zero attached hydrogens (tertiary/aromatic N) is 2. The van der Waals surface area contributed by atoms with Crippen molar-refractivity contribution in [2.75, 3.05) is 32.7 Å². The SMILES string of the molecule is CC(=O)N1CCN(C(=O)NCC2(C(=O)O)CC2)CC1. The Hall–Kier alpha value is -1.79. The number of rotatable bonds is 3. The third-order valence-electron chi connectivity index (χ3n) is 3.90. The number of piperazine rings is 1. The lowest BCUT2D eigenvalue weighted by Crippen LogP contribution is -2.53. The van der Waals surface area contributed by atoms with Crippen molar-refractivity contribution in [3.63, 3.8) is 0 Å². The molecule has 1 heterocycles. The number of hydrogen-bond acceptors (Lipinski definition) is 3. The van der Waals surface area contributed by atoms with Crippen molar-refractivity contribution in [3.05, 3.63) is 0 Å². The van der Waals surface area contributed by atoms with E-state index < -0.39 is 11.4 Å². The third kappa shape index (κ3) is 2.97. The number of aliphatic carboxylic acids is 1. The third-order valence-corrected chi connectivity index (χ3v) is 3.90. The molecule has 1 aliphatic heterocycles. The van der Waals surface area contributed by atoms with Crippen LogP contribution in [0.4, 0.5) is 4.79 Å². The molecule has 0 aromatic rings. The van der Waals surface area contributed by atoms with E-state index in [1.807, 2.05) is 0 Å². The van der Waals surface area contributed by atoms with Gasteiger partial charge in [0, 0.05) is 39.6 Å². The number of carboxylic acid groups (broad SMARTS) is 1. The summed E-state index contributed by atoms with van der Waals surface area (Å²) in [5, 5.41) is 11.7. The van der Waals surface area contributed by atoms with Crippen LogP contribution in [-0.4, -0.2) is 65.5 Å². The van der Waals surface area contributed by atoms with Gasteiger partial charge < -0.3 is 20.2 Å². The zero-order valence-electron chi connectivity index (χ0n) is 11.0. The van der Waals surface area contributed by atoms with Crippen LogP contribution in [0.5, 0.6) is 0 Å². The maximum atomic E-state index is 11.9. The molecule has 2 aliphatic rings. The Balaban J connectivity index is 1.76. The minimum Gasteiger partial charge on any atom is -0.481 e. The quantitative estimate of drug-likeness (QED) is 0.737. The van der Waals surface area contributed by atoms with Gasteiger partial charge in [0.25, 0.3) is 0 Å². The van der Waals surface area contributed by atoms with Crippen LogP contribution >= 0.6 is 0 Å². The topological polar surface area (TPSA) is 90.0 Å². The predicted octanol–water partition coefficient (Wildman–Crippen LogP) is -0.275. The molecule has 0 radical (unpaired) electrons. The van der Waals surface area contributed by atoms with Crippen LogP contribution < -0.4 is 5.32 Å². The Bertz CT molecular complexity index is 398. The molecule has 0 aromatic heterocycles. The van der Waals surface area contributed by atoms with E-state index >= 15 is 0 Å². The summed E-state index contributed by atoms with van der Waals surface area (Å²) in [6.07, 6.45) is 1.25. The number of carboxylic acids is 1. The molecule has 0 atom stereocenters. The van der Waals surface area contributed by atoms with Crippen LogP contribution in [0.2, 0.25) is 0 Å². The number of urea groups is 1. The zero-order chi connectivity index (χ0) is 14.0. The van der Waals surface area contributed by atoms with Gasteiger partial charge in [-0.1, -0.05) is 0 Å². The van der Waals surface area contributed by atoms with Crippen molar-refractivity contribution in [2.45, 2.75) is 19.8 Å². The largest absolute Gasteiger partial charge is 0.481 e. The highest BCUT2D eigenvalue weighted by atomic mass is 16.4. The highest BCUT2D eigenvalue weighted by molar-refractivity contribution is 5.80. The molecular formula is C12H19N3O4. The minimum atomic E-state index is -0.839. The molecule has 1 saturated heterocycles. The second-order valence-corrected chi connectivity index (χ2v) is 5.24. The van der Waals surface area contributed by atoms with Crippen molar-refractivity contribution < 1.29 is 19.5 Å². The van der Waals surface area contributed by atoms with Crippen LogP contribution in [-0.2, 0) is 9.59 Å². The first-order chi connectivity index (χ1) is 8.94. The fraction of sp³-hybridized carbons (Fsp3) is 0.750. The molecule has 106 valence electrons. The van der Waals surface area contributed by atoms with Gasteiger partial charge in [0.15, 0.2) is 0 Å². The zero-order valence-corrected chi connectivity index (χ0v) is 11.0. The van der Waals surface area contributed by atoms with E-state index in [0.717, 1.165) is 0 Å². The second kappa shape index (κ2) is 5.07. The summed E-state index contributed by atoms with van der Waals surface area (Å²) in [5.41, 5.74) is -0.739. The highest BCUT2D eigenvalue weighted by Crippen LogP contribution is 2.45. The van der Waals surface area contributed by atoms with Crippen molar-refractivity contribution in [1.82, 2.24) is 15.1 Å². The molecule has 0 aromatic carbocycles. The molecule has 2 N–H and O–H groups in total. The first-order valence-electron chi connectivity index (χ1n) is 6.46. The monoisotopic (exact) mass is 269 g/mol. The van der Waals surface area contributed by atoms with E-state index in [4.69, 9.17) is 5.11 Å². The standard InChI is InChI=1S/C12H19N3O4/c1-9(16)14-4-6-15(7-5-14)11(19)13-8-12(2-3-12)10(17)18/h2-8H2,1H3,(H,13,19)(H,17,18). The number of nitrogens with one attached hydrogen (secondary N) is 1. The van der Waals surface area contributed by atoms with Gasteiger partial charge in [-0.15, -0.1) is 0 Å². The summed E-state index contributed by atoms with van der Waals surface area (Å²) in [7, 11) is 0. The van der Waals surface area contributed by atoms with E-state index in [9.17, 15) is 14.4 Å². The van der Waals surface area contributed by atoms with E-state index in [-0.39, 0.29) is 18.5 Å². The summed E-state index contributed by atoms with van der Waals surface area (Å²) >= 11 is 0. The van der Waals surface area contributed by atoms with Crippen LogP contribution in [0.15, 0.2) is 0 Å². The molecule has 1 saturated carbocycles. The Labute approximate surface area is 111 Å². The van der Waals surface area contributed by atoms with Gasteiger partial charge in [0.1, 0.15) is 0 Å². The summed E-state index contributed by atoms with van der Waals surface area (Å²) in [5.74, 6) is -0.822. The van der Waals surface area contributed by atoms with Gasteiger partial charge in [-0.05, 0) is 12.8 Å². The van der Waals surface area contributed by atoms with E-state index in [1.165, 1.54) is 6.92 Å². The normalized spacial score (nSPS) is 20.9. The Morgan fingerprint density at radius 1 is 1.11 bits per heavy atom. The first kappa shape index (κ1) is 13.6. The minimum absolute atomic E-state index is 0.0165. The van der Waals surface area contributed by atoms with E-state index in [1.54, 1.807) is 9.80 Å². The van der Waals surface area contributed by atoms with Crippen LogP contribution in [0.3, 0.4) is 0 Å². The summed E-state index contributed by atoms with van der Waals surface area (Å²) in [4.78, 5) is 37.3. The predicted molar refractivity (Wildman–Crippen MR) is 66.5 cm³/mol. The average Bonchev–Trinajstić information content (AvgIpc) is 3.17. The number of carbonyl (C=O) groups excluding carboxylic acids is 2. The lowest BCUT2D eigenvalue weighted by atomic mass is 10.1. The van der Waals surface area contributed by atoms with Crippen molar-refractivity contribution in [1.29, 1.82) is 0 Å². The lowest BCUT2D eigenvalue weighted by molar-refractivity contribution is -0.143. The molecule has 0 bridgehead atoms. The summed E-state index contributed by atoms with van der Waals surface area (Å²) < 4.78 is 0. The molecule has 19 heavy (non-hydrogen) atoms. The van der Waals surface area contributed by atoms with E-state index in [0.29, 0.717) is 39.0 Å². The highest BCUT2D eigenvalue weighted by Gasteiger charge is 2.50. The number of carbonyl (C=O) groups is 3. The van der Waals surface area contributed by atoms with Crippen LogP contribution in [0, 0.1) is 5.41 Å². The van der Waals surface area contributed by atoms with Crippen LogP contribution in [0.25, 0.3) is 0 Å². The molecule has 1 aliphatic carbocycles. The fourth-order valence-corrected chi connectivity index (χ4v) is 2.20. The van der Waals surface area contributed by atoms with Gasteiger partial charge in [0.05, 0.1) is 5.41 Å². The maximum Gasteiger partial charge on any atom is 0.317 e. The van der Waals surface area contributed by atoms with Gasteiger partial charge in [-0.3, -0.25) is 9.59 Å². The molecule has 2 fully saturated rings. The molecule has 2 rings (SSSR count). The number of amides is 3. The molecule has 3 amide bonds. The fourth-order valence-electron chi connectivity index (χ4n) is 2.20. The summed E-state index contributed by atoms with van der Waals surface area (Å²) in [6.45, 7) is 3.75. The molecule has 7 heteroatoms. The molecule has 7 nitrogen and oxygen atoms in total. The molecule has 0 spiro atoms. The summed E-state index contributed by atoms with van der Waals surface area (Å²) in [6, 6.07) is -0.240. The first-order valence-corrected chi connectivity index (χ1v) is 6.46.